The molecular weight excluding hydrogens is 286 g/mol. The second-order valence-electron chi connectivity index (χ2n) is 5.60. The summed E-state index contributed by atoms with van der Waals surface area (Å²) in [6.07, 6.45) is 0.0234. The summed E-state index contributed by atoms with van der Waals surface area (Å²) in [7, 11) is 0. The minimum absolute atomic E-state index is 0.0234. The van der Waals surface area contributed by atoms with E-state index in [1.54, 1.807) is 24.0 Å². The van der Waals surface area contributed by atoms with Crippen molar-refractivity contribution in [2.75, 3.05) is 19.7 Å². The van der Waals surface area contributed by atoms with Gasteiger partial charge in [-0.1, -0.05) is 12.1 Å². The Labute approximate surface area is 129 Å². The van der Waals surface area contributed by atoms with Crippen LogP contribution < -0.4 is 5.32 Å². The average molecular weight is 307 g/mol. The zero-order valence-corrected chi connectivity index (χ0v) is 13.0. The van der Waals surface area contributed by atoms with Crippen molar-refractivity contribution in [1.82, 2.24) is 10.2 Å². The van der Waals surface area contributed by atoms with E-state index in [1.807, 2.05) is 13.8 Å². The number of nitrogens with zero attached hydrogens (tertiary/aromatic N) is 2. The largest absolute Gasteiger partial charge is 0.375 e. The van der Waals surface area contributed by atoms with E-state index >= 15 is 0 Å². The van der Waals surface area contributed by atoms with Crippen LogP contribution >= 0.6 is 0 Å². The van der Waals surface area contributed by atoms with Crippen molar-refractivity contribution >= 4 is 11.7 Å². The molecule has 7 heteroatoms. The minimum atomic E-state index is -0.406. The third-order valence-electron chi connectivity index (χ3n) is 3.80. The smallest absolute Gasteiger partial charge is 0.318 e. The number of urea groups is 1. The first-order chi connectivity index (χ1) is 10.4. The molecule has 0 saturated carbocycles. The first-order valence-corrected chi connectivity index (χ1v) is 7.30. The summed E-state index contributed by atoms with van der Waals surface area (Å²) in [5.41, 5.74) is 1.39. The van der Waals surface area contributed by atoms with Crippen LogP contribution in [0.1, 0.15) is 31.0 Å². The molecule has 0 aliphatic carbocycles. The van der Waals surface area contributed by atoms with Crippen LogP contribution in [-0.2, 0) is 4.74 Å². The first kappa shape index (κ1) is 16.2. The molecule has 0 radical (unpaired) electrons. The van der Waals surface area contributed by atoms with Crippen molar-refractivity contribution in [3.8, 4) is 0 Å². The van der Waals surface area contributed by atoms with Crippen molar-refractivity contribution in [2.24, 2.45) is 0 Å². The van der Waals surface area contributed by atoms with E-state index in [4.69, 9.17) is 4.74 Å². The molecule has 1 aliphatic heterocycles. The second kappa shape index (κ2) is 6.74. The lowest BCUT2D eigenvalue weighted by atomic mass is 10.0. The fourth-order valence-corrected chi connectivity index (χ4v) is 2.46. The summed E-state index contributed by atoms with van der Waals surface area (Å²) >= 11 is 0. The van der Waals surface area contributed by atoms with Gasteiger partial charge in [-0.25, -0.2) is 4.79 Å². The zero-order chi connectivity index (χ0) is 16.3. The van der Waals surface area contributed by atoms with Gasteiger partial charge in [0.15, 0.2) is 0 Å². The number of rotatable bonds is 3. The van der Waals surface area contributed by atoms with E-state index in [2.05, 4.69) is 5.32 Å². The summed E-state index contributed by atoms with van der Waals surface area (Å²) in [6, 6.07) is 4.54. The lowest BCUT2D eigenvalue weighted by molar-refractivity contribution is -0.385. The van der Waals surface area contributed by atoms with Crippen LogP contribution in [-0.4, -0.2) is 41.7 Å². The zero-order valence-electron chi connectivity index (χ0n) is 13.0. The summed E-state index contributed by atoms with van der Waals surface area (Å²) in [6.45, 7) is 7.06. The predicted molar refractivity (Wildman–Crippen MR) is 81.8 cm³/mol. The number of carbonyl (C=O) groups is 1. The SMILES string of the molecule is Cc1ccc([C@@H](C)NC(=O)N2CCO[C@H](C)C2)cc1[N+](=O)[O-]. The van der Waals surface area contributed by atoms with Gasteiger partial charge in [0.2, 0.25) is 0 Å². The highest BCUT2D eigenvalue weighted by Crippen LogP contribution is 2.23. The Morgan fingerprint density at radius 3 is 2.91 bits per heavy atom. The normalized spacial score (nSPS) is 19.6. The molecule has 1 saturated heterocycles. The maximum Gasteiger partial charge on any atom is 0.318 e. The number of nitro groups is 1. The molecule has 22 heavy (non-hydrogen) atoms. The van der Waals surface area contributed by atoms with E-state index in [1.165, 1.54) is 6.07 Å². The number of carbonyl (C=O) groups excluding carboxylic acids is 1. The van der Waals surface area contributed by atoms with Gasteiger partial charge < -0.3 is 15.0 Å². The molecule has 1 fully saturated rings. The number of ether oxygens (including phenoxy) is 1. The van der Waals surface area contributed by atoms with Crippen LogP contribution in [0.4, 0.5) is 10.5 Å². The van der Waals surface area contributed by atoms with Crippen LogP contribution in [0.15, 0.2) is 18.2 Å². The van der Waals surface area contributed by atoms with Crippen LogP contribution in [0.2, 0.25) is 0 Å². The summed E-state index contributed by atoms with van der Waals surface area (Å²) in [5.74, 6) is 0. The van der Waals surface area contributed by atoms with Gasteiger partial charge in [0.25, 0.3) is 5.69 Å². The molecule has 1 N–H and O–H groups in total. The monoisotopic (exact) mass is 307 g/mol. The van der Waals surface area contributed by atoms with Gasteiger partial charge in [0.05, 0.1) is 23.7 Å². The Morgan fingerprint density at radius 2 is 2.27 bits per heavy atom. The molecule has 1 aliphatic rings. The van der Waals surface area contributed by atoms with Crippen LogP contribution in [0.5, 0.6) is 0 Å². The van der Waals surface area contributed by atoms with Crippen molar-refractivity contribution in [3.63, 3.8) is 0 Å². The molecular formula is C15H21N3O4. The number of hydrogen-bond acceptors (Lipinski definition) is 4. The van der Waals surface area contributed by atoms with Crippen molar-refractivity contribution in [3.05, 3.63) is 39.4 Å². The number of nitrogens with one attached hydrogen (secondary N) is 1. The molecule has 0 aromatic heterocycles. The topological polar surface area (TPSA) is 84.7 Å². The molecule has 120 valence electrons. The third-order valence-corrected chi connectivity index (χ3v) is 3.80. The highest BCUT2D eigenvalue weighted by atomic mass is 16.6. The highest BCUT2D eigenvalue weighted by molar-refractivity contribution is 5.75. The molecule has 2 atom stereocenters. The van der Waals surface area contributed by atoms with E-state index < -0.39 is 4.92 Å². The maximum absolute atomic E-state index is 12.2. The fraction of sp³-hybridized carbons (Fsp3) is 0.533. The van der Waals surface area contributed by atoms with Gasteiger partial charge in [0, 0.05) is 24.7 Å². The van der Waals surface area contributed by atoms with Crippen LogP contribution in [0, 0.1) is 17.0 Å². The van der Waals surface area contributed by atoms with E-state index in [0.717, 1.165) is 0 Å². The number of amides is 2. The van der Waals surface area contributed by atoms with Crippen molar-refractivity contribution in [2.45, 2.75) is 32.9 Å². The molecule has 0 bridgehead atoms. The Bertz CT molecular complexity index is 576. The van der Waals surface area contributed by atoms with Crippen LogP contribution in [0.3, 0.4) is 0 Å². The summed E-state index contributed by atoms with van der Waals surface area (Å²) < 4.78 is 5.41. The molecule has 1 aromatic rings. The van der Waals surface area contributed by atoms with Crippen molar-refractivity contribution in [1.29, 1.82) is 0 Å². The lowest BCUT2D eigenvalue weighted by Gasteiger charge is -2.32. The molecule has 1 heterocycles. The van der Waals surface area contributed by atoms with E-state index in [9.17, 15) is 14.9 Å². The first-order valence-electron chi connectivity index (χ1n) is 7.30. The summed E-state index contributed by atoms with van der Waals surface area (Å²) in [5, 5.41) is 13.9. The predicted octanol–water partition coefficient (Wildman–Crippen LogP) is 2.39. The molecule has 7 nitrogen and oxygen atoms in total. The minimum Gasteiger partial charge on any atom is -0.375 e. The number of aryl methyl sites for hydroxylation is 1. The molecule has 1 aromatic carbocycles. The quantitative estimate of drug-likeness (QED) is 0.686. The number of benzene rings is 1. The molecule has 0 spiro atoms. The second-order valence-corrected chi connectivity index (χ2v) is 5.60. The van der Waals surface area contributed by atoms with Gasteiger partial charge in [-0.3, -0.25) is 10.1 Å². The van der Waals surface area contributed by atoms with E-state index in [-0.39, 0.29) is 23.9 Å². The van der Waals surface area contributed by atoms with Gasteiger partial charge >= 0.3 is 6.03 Å². The standard InChI is InChI=1S/C15H21N3O4/c1-10-4-5-13(8-14(10)18(20)21)12(3)16-15(19)17-6-7-22-11(2)9-17/h4-5,8,11-12H,6-7,9H2,1-3H3,(H,16,19)/t11-,12-/m1/s1. The van der Waals surface area contributed by atoms with Gasteiger partial charge in [0.1, 0.15) is 0 Å². The highest BCUT2D eigenvalue weighted by Gasteiger charge is 2.23. The molecule has 0 unspecified atom stereocenters. The van der Waals surface area contributed by atoms with Gasteiger partial charge in [-0.2, -0.15) is 0 Å². The number of hydrogen-bond donors (Lipinski definition) is 1. The summed E-state index contributed by atoms with van der Waals surface area (Å²) in [4.78, 5) is 24.5. The average Bonchev–Trinajstić information content (AvgIpc) is 2.47. The molecule has 2 amide bonds. The Morgan fingerprint density at radius 1 is 1.55 bits per heavy atom. The lowest BCUT2D eigenvalue weighted by Crippen LogP contribution is -2.49. The Hall–Kier alpha value is -2.15. The number of morpholine rings is 1. The molecule has 2 rings (SSSR count). The van der Waals surface area contributed by atoms with Crippen LogP contribution in [0.25, 0.3) is 0 Å². The van der Waals surface area contributed by atoms with Crippen molar-refractivity contribution < 1.29 is 14.5 Å². The van der Waals surface area contributed by atoms with E-state index in [0.29, 0.717) is 30.8 Å². The number of nitro benzene ring substituents is 1. The maximum atomic E-state index is 12.2. The Kier molecular flexibility index (Phi) is 4.97. The Balaban J connectivity index is 2.05. The third kappa shape index (κ3) is 3.73. The van der Waals surface area contributed by atoms with Gasteiger partial charge in [-0.05, 0) is 26.3 Å². The fourth-order valence-electron chi connectivity index (χ4n) is 2.46. The van der Waals surface area contributed by atoms with Gasteiger partial charge in [-0.15, -0.1) is 0 Å².